The Hall–Kier alpha value is -0.120. The predicted molar refractivity (Wildman–Crippen MR) is 75.9 cm³/mol. The smallest absolute Gasteiger partial charge is 0.0678 e. The normalized spacial score (nSPS) is 34.7. The maximum absolute atomic E-state index is 5.83. The van der Waals surface area contributed by atoms with E-state index in [1.165, 1.54) is 32.4 Å². The number of rotatable bonds is 3. The number of nitrogens with zero attached hydrogens (tertiary/aromatic N) is 2. The second-order valence-corrected chi connectivity index (χ2v) is 6.24. The molecule has 0 aromatic heterocycles. The van der Waals surface area contributed by atoms with Crippen molar-refractivity contribution in [1.82, 2.24) is 9.80 Å². The van der Waals surface area contributed by atoms with Gasteiger partial charge in [-0.3, -0.25) is 4.90 Å². The molecule has 0 aliphatic carbocycles. The monoisotopic (exact) mass is 254 g/mol. The van der Waals surface area contributed by atoms with E-state index in [0.717, 1.165) is 25.2 Å². The molecule has 2 aliphatic rings. The van der Waals surface area contributed by atoms with Crippen molar-refractivity contribution in [2.24, 2.45) is 0 Å². The van der Waals surface area contributed by atoms with E-state index >= 15 is 0 Å². The quantitative estimate of drug-likeness (QED) is 0.769. The lowest BCUT2D eigenvalue weighted by Gasteiger charge is -2.44. The molecule has 0 unspecified atom stereocenters. The minimum absolute atomic E-state index is 0.404. The van der Waals surface area contributed by atoms with Gasteiger partial charge in [0.15, 0.2) is 0 Å². The van der Waals surface area contributed by atoms with Crippen molar-refractivity contribution in [1.29, 1.82) is 0 Å². The maximum atomic E-state index is 5.83. The van der Waals surface area contributed by atoms with Gasteiger partial charge in [-0.25, -0.2) is 0 Å². The van der Waals surface area contributed by atoms with Crippen molar-refractivity contribution in [3.63, 3.8) is 0 Å². The van der Waals surface area contributed by atoms with Gasteiger partial charge < -0.3 is 9.64 Å². The molecule has 2 aliphatic heterocycles. The highest BCUT2D eigenvalue weighted by molar-refractivity contribution is 4.85. The number of piperidine rings is 1. The largest absolute Gasteiger partial charge is 0.373 e. The lowest BCUT2D eigenvalue weighted by atomic mass is 9.99. The molecule has 0 bridgehead atoms. The lowest BCUT2D eigenvalue weighted by molar-refractivity contribution is -0.0872. The number of ether oxygens (including phenoxy) is 1. The maximum Gasteiger partial charge on any atom is 0.0678 e. The van der Waals surface area contributed by atoms with Crippen molar-refractivity contribution in [3.8, 4) is 0 Å². The summed E-state index contributed by atoms with van der Waals surface area (Å²) in [5, 5.41) is 0. The van der Waals surface area contributed by atoms with Gasteiger partial charge >= 0.3 is 0 Å². The molecule has 106 valence electrons. The summed E-state index contributed by atoms with van der Waals surface area (Å²) < 4.78 is 5.83. The minimum Gasteiger partial charge on any atom is -0.373 e. The Bertz CT molecular complexity index is 241. The molecule has 3 nitrogen and oxygen atoms in total. The zero-order valence-electron chi connectivity index (χ0n) is 12.6. The zero-order valence-corrected chi connectivity index (χ0v) is 12.6. The third-order valence-electron chi connectivity index (χ3n) is 4.68. The average molecular weight is 254 g/mol. The number of morpholine rings is 1. The highest BCUT2D eigenvalue weighted by Crippen LogP contribution is 2.22. The van der Waals surface area contributed by atoms with Crippen LogP contribution in [0, 0.1) is 0 Å². The summed E-state index contributed by atoms with van der Waals surface area (Å²) in [6.07, 6.45) is 4.76. The van der Waals surface area contributed by atoms with Crippen molar-refractivity contribution in [2.45, 2.75) is 71.2 Å². The Morgan fingerprint density at radius 1 is 1.11 bits per heavy atom. The van der Waals surface area contributed by atoms with Gasteiger partial charge in [-0.1, -0.05) is 6.92 Å². The highest BCUT2D eigenvalue weighted by Gasteiger charge is 2.30. The Kier molecular flexibility index (Phi) is 5.05. The summed E-state index contributed by atoms with van der Waals surface area (Å²) in [7, 11) is 0. The second kappa shape index (κ2) is 6.36. The molecule has 0 N–H and O–H groups in total. The summed E-state index contributed by atoms with van der Waals surface area (Å²) in [5.41, 5.74) is 0. The lowest BCUT2D eigenvalue weighted by Crippen LogP contribution is -2.54. The summed E-state index contributed by atoms with van der Waals surface area (Å²) in [6, 6.07) is 1.55. The first-order valence-electron chi connectivity index (χ1n) is 7.73. The Morgan fingerprint density at radius 3 is 2.17 bits per heavy atom. The first-order valence-corrected chi connectivity index (χ1v) is 7.73. The molecular formula is C15H30N2O. The van der Waals surface area contributed by atoms with Crippen molar-refractivity contribution in [3.05, 3.63) is 0 Å². The first-order chi connectivity index (χ1) is 8.60. The molecule has 18 heavy (non-hydrogen) atoms. The SMILES string of the molecule is CC[C@H](C)N1CCC(N2C[C@@H](C)O[C@@H](C)C2)CC1. The second-order valence-electron chi connectivity index (χ2n) is 6.24. The van der Waals surface area contributed by atoms with Crippen LogP contribution in [0.4, 0.5) is 0 Å². The molecule has 2 saturated heterocycles. The van der Waals surface area contributed by atoms with Crippen molar-refractivity contribution >= 4 is 0 Å². The van der Waals surface area contributed by atoms with Gasteiger partial charge in [0.2, 0.25) is 0 Å². The third kappa shape index (κ3) is 3.46. The van der Waals surface area contributed by atoms with Crippen LogP contribution < -0.4 is 0 Å². The molecule has 3 heteroatoms. The van der Waals surface area contributed by atoms with Crippen molar-refractivity contribution in [2.75, 3.05) is 26.2 Å². The standard InChI is InChI=1S/C15H30N2O/c1-5-12(2)16-8-6-15(7-9-16)17-10-13(3)18-14(4)11-17/h12-15H,5-11H2,1-4H3/t12-,13-,14+/m0/s1. The van der Waals surface area contributed by atoms with E-state index in [2.05, 4.69) is 37.5 Å². The van der Waals surface area contributed by atoms with Crippen LogP contribution in [0.1, 0.15) is 47.0 Å². The molecular weight excluding hydrogens is 224 g/mol. The Balaban J connectivity index is 1.82. The fourth-order valence-corrected chi connectivity index (χ4v) is 3.47. The Morgan fingerprint density at radius 2 is 1.67 bits per heavy atom. The molecule has 0 saturated carbocycles. The summed E-state index contributed by atoms with van der Waals surface area (Å²) in [4.78, 5) is 5.33. The van der Waals surface area contributed by atoms with E-state index < -0.39 is 0 Å². The van der Waals surface area contributed by atoms with Gasteiger partial charge in [-0.05, 0) is 53.1 Å². The highest BCUT2D eigenvalue weighted by atomic mass is 16.5. The average Bonchev–Trinajstić information content (AvgIpc) is 2.37. The summed E-state index contributed by atoms with van der Waals surface area (Å²) in [5.74, 6) is 0. The van der Waals surface area contributed by atoms with Gasteiger partial charge in [0.25, 0.3) is 0 Å². The molecule has 0 spiro atoms. The summed E-state index contributed by atoms with van der Waals surface area (Å²) >= 11 is 0. The number of likely N-dealkylation sites (tertiary alicyclic amines) is 1. The van der Waals surface area contributed by atoms with Crippen LogP contribution in [0.15, 0.2) is 0 Å². The first kappa shape index (κ1) is 14.3. The minimum atomic E-state index is 0.404. The topological polar surface area (TPSA) is 15.7 Å². The zero-order chi connectivity index (χ0) is 13.1. The van der Waals surface area contributed by atoms with Crippen LogP contribution in [-0.2, 0) is 4.74 Å². The number of hydrogen-bond acceptors (Lipinski definition) is 3. The van der Waals surface area contributed by atoms with E-state index in [4.69, 9.17) is 4.74 Å². The fourth-order valence-electron chi connectivity index (χ4n) is 3.47. The van der Waals surface area contributed by atoms with E-state index in [1.54, 1.807) is 0 Å². The van der Waals surface area contributed by atoms with Gasteiger partial charge in [0.05, 0.1) is 12.2 Å². The van der Waals surface area contributed by atoms with Gasteiger partial charge in [0.1, 0.15) is 0 Å². The van der Waals surface area contributed by atoms with Gasteiger partial charge in [-0.15, -0.1) is 0 Å². The van der Waals surface area contributed by atoms with Crippen LogP contribution in [0.2, 0.25) is 0 Å². The van der Waals surface area contributed by atoms with Crippen LogP contribution >= 0.6 is 0 Å². The molecule has 2 rings (SSSR count). The molecule has 0 aromatic carbocycles. The molecule has 0 radical (unpaired) electrons. The van der Waals surface area contributed by atoms with Crippen LogP contribution in [0.25, 0.3) is 0 Å². The predicted octanol–water partition coefficient (Wildman–Crippen LogP) is 2.36. The molecule has 3 atom stereocenters. The van der Waals surface area contributed by atoms with Crippen molar-refractivity contribution < 1.29 is 4.74 Å². The third-order valence-corrected chi connectivity index (χ3v) is 4.68. The van der Waals surface area contributed by atoms with Crippen LogP contribution in [0.5, 0.6) is 0 Å². The van der Waals surface area contributed by atoms with Crippen LogP contribution in [-0.4, -0.2) is 60.3 Å². The van der Waals surface area contributed by atoms with Gasteiger partial charge in [0, 0.05) is 25.2 Å². The summed E-state index contributed by atoms with van der Waals surface area (Å²) in [6.45, 7) is 13.9. The molecule has 2 fully saturated rings. The molecule has 2 heterocycles. The molecule has 0 amide bonds. The molecule has 0 aromatic rings. The van der Waals surface area contributed by atoms with E-state index in [-0.39, 0.29) is 0 Å². The van der Waals surface area contributed by atoms with E-state index in [0.29, 0.717) is 12.2 Å². The Labute approximate surface area is 112 Å². The van der Waals surface area contributed by atoms with Crippen LogP contribution in [0.3, 0.4) is 0 Å². The number of hydrogen-bond donors (Lipinski definition) is 0. The fraction of sp³-hybridized carbons (Fsp3) is 1.00. The van der Waals surface area contributed by atoms with Gasteiger partial charge in [-0.2, -0.15) is 0 Å². The van der Waals surface area contributed by atoms with E-state index in [1.807, 2.05) is 0 Å². The van der Waals surface area contributed by atoms with E-state index in [9.17, 15) is 0 Å².